The summed E-state index contributed by atoms with van der Waals surface area (Å²) in [6.45, 7) is 0.201. The molecule has 0 bridgehead atoms. The fourth-order valence-electron chi connectivity index (χ4n) is 2.01. The number of methoxy groups -OCH3 is 1. The number of fused-ring (bicyclic) bond motifs is 3. The standard InChI is InChI=1S/C12H10N2O4/c1-17-6-2-3-9-7(4-6)10-8(5-18-9)11(12(15)16)14-13-10/h2-4H,5H2,1H3,(H,13,14)(H,15,16). The fraction of sp³-hybridized carbons (Fsp3) is 0.167. The molecule has 0 amide bonds. The van der Waals surface area contributed by atoms with Gasteiger partial charge in [0, 0.05) is 5.56 Å². The Balaban J connectivity index is 2.19. The number of hydrogen-bond acceptors (Lipinski definition) is 4. The van der Waals surface area contributed by atoms with E-state index in [2.05, 4.69) is 10.2 Å². The van der Waals surface area contributed by atoms with Gasteiger partial charge in [0.2, 0.25) is 0 Å². The minimum Gasteiger partial charge on any atom is -0.497 e. The van der Waals surface area contributed by atoms with E-state index in [0.29, 0.717) is 22.8 Å². The van der Waals surface area contributed by atoms with Gasteiger partial charge in [-0.05, 0) is 18.2 Å². The smallest absolute Gasteiger partial charge is 0.356 e. The Bertz CT molecular complexity index is 633. The van der Waals surface area contributed by atoms with Gasteiger partial charge >= 0.3 is 5.97 Å². The number of benzene rings is 1. The van der Waals surface area contributed by atoms with Crippen LogP contribution in [-0.4, -0.2) is 28.4 Å². The number of rotatable bonds is 2. The molecule has 18 heavy (non-hydrogen) atoms. The molecule has 0 unspecified atom stereocenters. The Labute approximate surface area is 102 Å². The van der Waals surface area contributed by atoms with Crippen LogP contribution in [0.3, 0.4) is 0 Å². The van der Waals surface area contributed by atoms with Crippen molar-refractivity contribution in [2.45, 2.75) is 6.61 Å². The molecule has 2 N–H and O–H groups in total. The number of hydrogen-bond donors (Lipinski definition) is 2. The minimum atomic E-state index is -1.07. The maximum atomic E-state index is 11.0. The number of carboxylic acids is 1. The molecule has 0 saturated carbocycles. The van der Waals surface area contributed by atoms with Crippen LogP contribution in [-0.2, 0) is 6.61 Å². The molecule has 2 heterocycles. The molecule has 2 aromatic rings. The summed E-state index contributed by atoms with van der Waals surface area (Å²) in [5.74, 6) is 0.294. The number of ether oxygens (including phenoxy) is 2. The topological polar surface area (TPSA) is 84.4 Å². The molecule has 1 aliphatic heterocycles. The van der Waals surface area contributed by atoms with Gasteiger partial charge in [-0.15, -0.1) is 0 Å². The first-order valence-corrected chi connectivity index (χ1v) is 5.32. The SMILES string of the molecule is COc1ccc2c(c1)-c1[nH]nc(C(=O)O)c1CO2. The van der Waals surface area contributed by atoms with E-state index in [0.717, 1.165) is 5.56 Å². The normalized spacial score (nSPS) is 12.3. The van der Waals surface area contributed by atoms with Gasteiger partial charge in [-0.2, -0.15) is 5.10 Å². The number of aromatic amines is 1. The van der Waals surface area contributed by atoms with Gasteiger partial charge in [-0.3, -0.25) is 5.10 Å². The number of carbonyl (C=O) groups is 1. The second-order valence-corrected chi connectivity index (χ2v) is 3.88. The van der Waals surface area contributed by atoms with Gasteiger partial charge in [0.1, 0.15) is 18.1 Å². The first-order valence-electron chi connectivity index (χ1n) is 5.32. The Hall–Kier alpha value is -2.50. The summed E-state index contributed by atoms with van der Waals surface area (Å²) < 4.78 is 10.7. The first kappa shape index (κ1) is 10.6. The summed E-state index contributed by atoms with van der Waals surface area (Å²) in [7, 11) is 1.57. The highest BCUT2D eigenvalue weighted by atomic mass is 16.5. The lowest BCUT2D eigenvalue weighted by Crippen LogP contribution is -2.09. The van der Waals surface area contributed by atoms with Crippen molar-refractivity contribution in [3.63, 3.8) is 0 Å². The molecule has 0 saturated heterocycles. The first-order chi connectivity index (χ1) is 8.70. The maximum Gasteiger partial charge on any atom is 0.356 e. The molecular formula is C12H10N2O4. The highest BCUT2D eigenvalue weighted by Gasteiger charge is 2.26. The molecule has 1 aromatic carbocycles. The van der Waals surface area contributed by atoms with Gasteiger partial charge in [-0.1, -0.05) is 0 Å². The highest BCUT2D eigenvalue weighted by Crippen LogP contribution is 2.39. The number of aromatic carboxylic acids is 1. The zero-order valence-electron chi connectivity index (χ0n) is 9.56. The molecular weight excluding hydrogens is 236 g/mol. The fourth-order valence-corrected chi connectivity index (χ4v) is 2.01. The Kier molecular flexibility index (Phi) is 2.22. The average molecular weight is 246 g/mol. The summed E-state index contributed by atoms with van der Waals surface area (Å²) >= 11 is 0. The van der Waals surface area contributed by atoms with Gasteiger partial charge in [-0.25, -0.2) is 4.79 Å². The Morgan fingerprint density at radius 3 is 3.11 bits per heavy atom. The van der Waals surface area contributed by atoms with Gasteiger partial charge in [0.25, 0.3) is 0 Å². The number of aromatic nitrogens is 2. The third kappa shape index (κ3) is 1.42. The summed E-state index contributed by atoms with van der Waals surface area (Å²) in [4.78, 5) is 11.0. The number of carboxylic acid groups (broad SMARTS) is 1. The third-order valence-electron chi connectivity index (χ3n) is 2.90. The zero-order valence-corrected chi connectivity index (χ0v) is 9.56. The monoisotopic (exact) mass is 246 g/mol. The van der Waals surface area contributed by atoms with Crippen LogP contribution in [0.4, 0.5) is 0 Å². The van der Waals surface area contributed by atoms with Crippen LogP contribution in [0.1, 0.15) is 16.1 Å². The van der Waals surface area contributed by atoms with Crippen molar-refractivity contribution in [3.05, 3.63) is 29.5 Å². The summed E-state index contributed by atoms with van der Waals surface area (Å²) in [6, 6.07) is 5.37. The molecule has 6 heteroatoms. The highest BCUT2D eigenvalue weighted by molar-refractivity contribution is 5.90. The number of nitrogens with one attached hydrogen (secondary N) is 1. The predicted octanol–water partition coefficient (Wildman–Crippen LogP) is 1.68. The van der Waals surface area contributed by atoms with Crippen LogP contribution in [0.2, 0.25) is 0 Å². The van der Waals surface area contributed by atoms with E-state index in [-0.39, 0.29) is 12.3 Å². The Morgan fingerprint density at radius 2 is 2.39 bits per heavy atom. The van der Waals surface area contributed by atoms with Gasteiger partial charge < -0.3 is 14.6 Å². The Morgan fingerprint density at radius 1 is 1.56 bits per heavy atom. The van der Waals surface area contributed by atoms with Crippen LogP contribution in [0.5, 0.6) is 11.5 Å². The van der Waals surface area contributed by atoms with E-state index >= 15 is 0 Å². The molecule has 92 valence electrons. The molecule has 0 radical (unpaired) electrons. The van der Waals surface area contributed by atoms with Crippen LogP contribution in [0.15, 0.2) is 18.2 Å². The molecule has 0 spiro atoms. The average Bonchev–Trinajstić information content (AvgIpc) is 2.82. The van der Waals surface area contributed by atoms with E-state index in [1.165, 1.54) is 0 Å². The molecule has 0 atom stereocenters. The van der Waals surface area contributed by atoms with Crippen LogP contribution in [0, 0.1) is 0 Å². The van der Waals surface area contributed by atoms with E-state index < -0.39 is 5.97 Å². The zero-order chi connectivity index (χ0) is 12.7. The number of nitrogens with zero attached hydrogens (tertiary/aromatic N) is 1. The molecule has 1 aromatic heterocycles. The van der Waals surface area contributed by atoms with E-state index in [1.54, 1.807) is 25.3 Å². The lowest BCUT2D eigenvalue weighted by Gasteiger charge is -2.18. The van der Waals surface area contributed by atoms with Crippen molar-refractivity contribution in [1.29, 1.82) is 0 Å². The second-order valence-electron chi connectivity index (χ2n) is 3.88. The van der Waals surface area contributed by atoms with Crippen LogP contribution >= 0.6 is 0 Å². The van der Waals surface area contributed by atoms with Gasteiger partial charge in [0.05, 0.1) is 18.4 Å². The van der Waals surface area contributed by atoms with Crippen molar-refractivity contribution in [2.24, 2.45) is 0 Å². The summed E-state index contributed by atoms with van der Waals surface area (Å²) in [6.07, 6.45) is 0. The third-order valence-corrected chi connectivity index (χ3v) is 2.90. The molecule has 6 nitrogen and oxygen atoms in total. The molecule has 0 aliphatic carbocycles. The van der Waals surface area contributed by atoms with Crippen molar-refractivity contribution in [1.82, 2.24) is 10.2 Å². The predicted molar refractivity (Wildman–Crippen MR) is 61.9 cm³/mol. The minimum absolute atomic E-state index is 0.00142. The maximum absolute atomic E-state index is 11.0. The van der Waals surface area contributed by atoms with Crippen molar-refractivity contribution >= 4 is 5.97 Å². The lowest BCUT2D eigenvalue weighted by atomic mass is 10.0. The molecule has 3 rings (SSSR count). The van der Waals surface area contributed by atoms with Crippen molar-refractivity contribution < 1.29 is 19.4 Å². The van der Waals surface area contributed by atoms with Crippen molar-refractivity contribution in [3.8, 4) is 22.8 Å². The quantitative estimate of drug-likeness (QED) is 0.842. The summed E-state index contributed by atoms with van der Waals surface area (Å²) in [5, 5.41) is 15.6. The molecule has 0 fully saturated rings. The van der Waals surface area contributed by atoms with Gasteiger partial charge in [0.15, 0.2) is 5.69 Å². The van der Waals surface area contributed by atoms with Crippen molar-refractivity contribution in [2.75, 3.05) is 7.11 Å². The van der Waals surface area contributed by atoms with Crippen LogP contribution < -0.4 is 9.47 Å². The van der Waals surface area contributed by atoms with E-state index in [9.17, 15) is 4.79 Å². The largest absolute Gasteiger partial charge is 0.497 e. The van der Waals surface area contributed by atoms with Crippen LogP contribution in [0.25, 0.3) is 11.3 Å². The van der Waals surface area contributed by atoms with E-state index in [1.807, 2.05) is 0 Å². The lowest BCUT2D eigenvalue weighted by molar-refractivity contribution is 0.0687. The molecule has 1 aliphatic rings. The second kappa shape index (κ2) is 3.76. The summed E-state index contributed by atoms with van der Waals surface area (Å²) in [5.41, 5.74) is 1.99. The van der Waals surface area contributed by atoms with E-state index in [4.69, 9.17) is 14.6 Å². The number of H-pyrrole nitrogens is 1.